The molecule has 41 heavy (non-hydrogen) atoms. The van der Waals surface area contributed by atoms with E-state index in [0.717, 1.165) is 18.4 Å². The molecule has 0 fully saturated rings. The van der Waals surface area contributed by atoms with Crippen LogP contribution in [0.25, 0.3) is 17.4 Å². The maximum atomic E-state index is 13.9. The number of halogens is 2. The molecule has 3 aromatic carbocycles. The number of carbonyl (C=O) groups is 1. The van der Waals surface area contributed by atoms with Gasteiger partial charge in [-0.1, -0.05) is 65.4 Å². The van der Waals surface area contributed by atoms with Gasteiger partial charge in [0.2, 0.25) is 0 Å². The number of aromatic nitrogens is 1. The Morgan fingerprint density at radius 3 is 2.68 bits per heavy atom. The normalized spacial score (nSPS) is 19.7. The third kappa shape index (κ3) is 4.44. The predicted molar refractivity (Wildman–Crippen MR) is 155 cm³/mol. The van der Waals surface area contributed by atoms with E-state index in [1.165, 1.54) is 46.7 Å². The van der Waals surface area contributed by atoms with Gasteiger partial charge in [-0.25, -0.2) is 9.18 Å². The molecule has 0 saturated carbocycles. The SMILES string of the molecule is O=C(O)c1ccc(-c2ccc(/C=c3\sc4n(c3=O)[C@H](c3ccc(F)cc3)[C@@H]3CCc5ccccc5[C@H]3N=4)o2)cc1Cl. The molecule has 2 aliphatic rings. The van der Waals surface area contributed by atoms with E-state index < -0.39 is 5.97 Å². The molecule has 6 nitrogen and oxygen atoms in total. The Kier molecular flexibility index (Phi) is 6.25. The quantitative estimate of drug-likeness (QED) is 0.280. The molecule has 1 aliphatic heterocycles. The average Bonchev–Trinajstić information content (AvgIpc) is 3.56. The van der Waals surface area contributed by atoms with Gasteiger partial charge in [-0.3, -0.25) is 14.4 Å². The summed E-state index contributed by atoms with van der Waals surface area (Å²) in [6.07, 6.45) is 3.45. The molecule has 0 spiro atoms. The number of aromatic carboxylic acids is 1. The maximum absolute atomic E-state index is 13.9. The van der Waals surface area contributed by atoms with Crippen LogP contribution in [0.1, 0.15) is 51.3 Å². The van der Waals surface area contributed by atoms with Crippen molar-refractivity contribution in [3.8, 4) is 11.3 Å². The summed E-state index contributed by atoms with van der Waals surface area (Å²) in [6.45, 7) is 0. The molecule has 0 bridgehead atoms. The van der Waals surface area contributed by atoms with E-state index in [4.69, 9.17) is 21.0 Å². The molecule has 0 unspecified atom stereocenters. The lowest BCUT2D eigenvalue weighted by Crippen LogP contribution is -2.44. The largest absolute Gasteiger partial charge is 0.478 e. The maximum Gasteiger partial charge on any atom is 0.337 e. The number of hydrogen-bond donors (Lipinski definition) is 1. The van der Waals surface area contributed by atoms with Crippen molar-refractivity contribution in [1.82, 2.24) is 4.57 Å². The fraction of sp³-hybridized carbons (Fsp3) is 0.156. The van der Waals surface area contributed by atoms with Crippen LogP contribution in [-0.4, -0.2) is 15.6 Å². The Hall–Kier alpha value is -4.27. The molecule has 204 valence electrons. The highest BCUT2D eigenvalue weighted by atomic mass is 35.5. The number of rotatable bonds is 4. The Balaban J connectivity index is 1.34. The van der Waals surface area contributed by atoms with Crippen LogP contribution >= 0.6 is 22.9 Å². The van der Waals surface area contributed by atoms with Crippen molar-refractivity contribution in [2.24, 2.45) is 10.9 Å². The fourth-order valence-corrected chi connectivity index (χ4v) is 7.28. The van der Waals surface area contributed by atoms with Crippen molar-refractivity contribution < 1.29 is 18.7 Å². The topological polar surface area (TPSA) is 84.8 Å². The van der Waals surface area contributed by atoms with Crippen LogP contribution in [0.3, 0.4) is 0 Å². The zero-order chi connectivity index (χ0) is 28.2. The first kappa shape index (κ1) is 25.7. The summed E-state index contributed by atoms with van der Waals surface area (Å²) in [6, 6.07) is 22.4. The van der Waals surface area contributed by atoms with E-state index in [-0.39, 0.29) is 40.0 Å². The highest BCUT2D eigenvalue weighted by molar-refractivity contribution is 7.07. The van der Waals surface area contributed by atoms with Gasteiger partial charge < -0.3 is 9.52 Å². The molecule has 3 heterocycles. The van der Waals surface area contributed by atoms with Crippen molar-refractivity contribution in [3.63, 3.8) is 0 Å². The molecule has 2 aromatic heterocycles. The lowest BCUT2D eigenvalue weighted by Gasteiger charge is -2.39. The summed E-state index contributed by atoms with van der Waals surface area (Å²) in [7, 11) is 0. The minimum atomic E-state index is -1.11. The van der Waals surface area contributed by atoms with Crippen molar-refractivity contribution in [2.45, 2.75) is 24.9 Å². The highest BCUT2D eigenvalue weighted by Crippen LogP contribution is 2.46. The van der Waals surface area contributed by atoms with E-state index >= 15 is 0 Å². The standard InChI is InChI=1S/C32H22ClFN2O4S/c33-25-15-19(8-12-23(25)31(38)39)26-14-11-21(40-26)16-27-30(37)36-29(18-5-9-20(34)10-6-18)24-13-7-17-3-1-2-4-22(17)28(24)35-32(36)41-27/h1-6,8-12,14-16,24,28-29H,7,13H2,(H,38,39)/b27-16-/t24-,28-,29-/m1/s1. The number of carboxylic acid groups (broad SMARTS) is 1. The Morgan fingerprint density at radius 2 is 1.90 bits per heavy atom. The van der Waals surface area contributed by atoms with Crippen molar-refractivity contribution in [3.05, 3.63) is 137 Å². The zero-order valence-electron chi connectivity index (χ0n) is 21.5. The van der Waals surface area contributed by atoms with Crippen molar-refractivity contribution >= 4 is 35.0 Å². The summed E-state index contributed by atoms with van der Waals surface area (Å²) in [4.78, 5) is 30.9. The van der Waals surface area contributed by atoms with E-state index in [9.17, 15) is 19.1 Å². The first-order chi connectivity index (χ1) is 19.9. The first-order valence-electron chi connectivity index (χ1n) is 13.1. The third-order valence-electron chi connectivity index (χ3n) is 7.89. The van der Waals surface area contributed by atoms with E-state index in [2.05, 4.69) is 12.1 Å². The lowest BCUT2D eigenvalue weighted by molar-refractivity contribution is 0.0697. The highest BCUT2D eigenvalue weighted by Gasteiger charge is 2.40. The molecule has 5 aromatic rings. The van der Waals surface area contributed by atoms with Gasteiger partial charge in [0.1, 0.15) is 17.3 Å². The van der Waals surface area contributed by atoms with Gasteiger partial charge in [0, 0.05) is 17.6 Å². The van der Waals surface area contributed by atoms with E-state index in [1.807, 2.05) is 12.1 Å². The van der Waals surface area contributed by atoms with Gasteiger partial charge in [0.25, 0.3) is 5.56 Å². The van der Waals surface area contributed by atoms with Crippen LogP contribution in [0.2, 0.25) is 5.02 Å². The van der Waals surface area contributed by atoms with Crippen molar-refractivity contribution in [2.75, 3.05) is 0 Å². The molecule has 3 atom stereocenters. The average molecular weight is 585 g/mol. The Morgan fingerprint density at radius 1 is 1.10 bits per heavy atom. The monoisotopic (exact) mass is 584 g/mol. The molecule has 9 heteroatoms. The van der Waals surface area contributed by atoms with Crippen LogP contribution in [0, 0.1) is 11.7 Å². The second-order valence-corrected chi connectivity index (χ2v) is 11.7. The van der Waals surface area contributed by atoms with Crippen LogP contribution in [0.5, 0.6) is 0 Å². The zero-order valence-corrected chi connectivity index (χ0v) is 23.0. The number of thiazole rings is 1. The Labute approximate surface area is 242 Å². The number of fused-ring (bicyclic) bond motifs is 4. The van der Waals surface area contributed by atoms with Gasteiger partial charge in [0.15, 0.2) is 4.80 Å². The summed E-state index contributed by atoms with van der Waals surface area (Å²) in [5.74, 6) is -0.412. The first-order valence-corrected chi connectivity index (χ1v) is 14.3. The van der Waals surface area contributed by atoms with Crippen LogP contribution < -0.4 is 14.9 Å². The lowest BCUT2D eigenvalue weighted by atomic mass is 9.74. The number of carboxylic acids is 1. The molecular weight excluding hydrogens is 563 g/mol. The molecule has 1 aliphatic carbocycles. The van der Waals surface area contributed by atoms with Gasteiger partial charge in [-0.2, -0.15) is 0 Å². The third-order valence-corrected chi connectivity index (χ3v) is 9.20. The number of hydrogen-bond acceptors (Lipinski definition) is 5. The minimum absolute atomic E-state index is 0.00796. The van der Waals surface area contributed by atoms with Crippen molar-refractivity contribution in [1.29, 1.82) is 0 Å². The van der Waals surface area contributed by atoms with Gasteiger partial charge in [-0.15, -0.1) is 0 Å². The van der Waals surface area contributed by atoms with Gasteiger partial charge in [-0.05, 0) is 65.9 Å². The number of furan rings is 1. The summed E-state index contributed by atoms with van der Waals surface area (Å²) in [5, 5.41) is 9.35. The summed E-state index contributed by atoms with van der Waals surface area (Å²) >= 11 is 7.45. The Bertz CT molecular complexity index is 2010. The minimum Gasteiger partial charge on any atom is -0.478 e. The summed E-state index contributed by atoms with van der Waals surface area (Å²) < 4.78 is 22.1. The molecular formula is C32H22ClFN2O4S. The number of benzene rings is 3. The second kappa shape index (κ2) is 9.98. The van der Waals surface area contributed by atoms with Crippen LogP contribution in [0.15, 0.2) is 93.1 Å². The summed E-state index contributed by atoms with van der Waals surface area (Å²) in [5.41, 5.74) is 3.79. The van der Waals surface area contributed by atoms with E-state index in [1.54, 1.807) is 41.0 Å². The number of aryl methyl sites for hydroxylation is 1. The van der Waals surface area contributed by atoms with E-state index in [0.29, 0.717) is 26.4 Å². The smallest absolute Gasteiger partial charge is 0.337 e. The second-order valence-electron chi connectivity index (χ2n) is 10.2. The van der Waals surface area contributed by atoms with Gasteiger partial charge >= 0.3 is 5.97 Å². The molecule has 7 rings (SSSR count). The van der Waals surface area contributed by atoms with Crippen LogP contribution in [-0.2, 0) is 6.42 Å². The molecule has 1 N–H and O–H groups in total. The predicted octanol–water partition coefficient (Wildman–Crippen LogP) is 6.02. The fourth-order valence-electron chi connectivity index (χ4n) is 6.00. The number of nitrogens with zero attached hydrogens (tertiary/aromatic N) is 2. The van der Waals surface area contributed by atoms with Gasteiger partial charge in [0.05, 0.1) is 27.2 Å². The van der Waals surface area contributed by atoms with Crippen LogP contribution in [0.4, 0.5) is 4.39 Å². The molecule has 0 amide bonds. The molecule has 0 radical (unpaired) electrons. The molecule has 0 saturated heterocycles.